The minimum Gasteiger partial charge on any atom is -0.460 e. The van der Waals surface area contributed by atoms with E-state index in [2.05, 4.69) is 20.8 Å². The van der Waals surface area contributed by atoms with E-state index < -0.39 is 6.10 Å². The highest BCUT2D eigenvalue weighted by Crippen LogP contribution is 2.43. The van der Waals surface area contributed by atoms with Gasteiger partial charge in [0, 0.05) is 28.7 Å². The molecular formula is C20H20BrClFNO3. The second-order valence-electron chi connectivity index (χ2n) is 6.42. The molecular weight excluding hydrogens is 437 g/mol. The van der Waals surface area contributed by atoms with E-state index in [0.29, 0.717) is 42.4 Å². The molecule has 27 heavy (non-hydrogen) atoms. The summed E-state index contributed by atoms with van der Waals surface area (Å²) in [5.41, 5.74) is 2.14. The van der Waals surface area contributed by atoms with Crippen LogP contribution >= 0.6 is 28.3 Å². The Kier molecular flexibility index (Phi) is 6.55. The Morgan fingerprint density at radius 3 is 2.52 bits per heavy atom. The number of benzene rings is 2. The molecule has 2 aliphatic heterocycles. The molecule has 2 aromatic carbocycles. The molecule has 4 rings (SSSR count). The largest absolute Gasteiger partial charge is 0.460 e. The van der Waals surface area contributed by atoms with Crippen molar-refractivity contribution in [1.29, 1.82) is 0 Å². The molecule has 0 amide bonds. The van der Waals surface area contributed by atoms with Crippen molar-refractivity contribution in [1.82, 2.24) is 4.90 Å². The summed E-state index contributed by atoms with van der Waals surface area (Å²) in [5, 5.41) is 11.1. The normalized spacial score (nSPS) is 19.9. The van der Waals surface area contributed by atoms with Gasteiger partial charge in [0.15, 0.2) is 0 Å². The number of hydrogen-bond donors (Lipinski definition) is 1. The number of morpholine rings is 1. The van der Waals surface area contributed by atoms with Gasteiger partial charge in [0.2, 0.25) is 0 Å². The molecule has 1 atom stereocenters. The number of aliphatic hydroxyl groups excluding tert-OH is 1. The standard InChI is InChI=1S/C20H19BrFNO3.ClH/c21-14-3-6-17-16(11-14)20(24)19(13-1-4-15(22)5-2-13)18(26-17)12-23-7-9-25-10-8-23;/h1-6,11,20,24H,7-10,12H2;1H. The Labute approximate surface area is 172 Å². The first-order chi connectivity index (χ1) is 12.6. The maximum absolute atomic E-state index is 13.4. The van der Waals surface area contributed by atoms with Crippen molar-refractivity contribution in [2.24, 2.45) is 0 Å². The van der Waals surface area contributed by atoms with Gasteiger partial charge in [0.05, 0.1) is 19.8 Å². The number of aliphatic hydroxyl groups is 1. The Hall–Kier alpha value is -1.44. The summed E-state index contributed by atoms with van der Waals surface area (Å²) < 4.78 is 25.8. The van der Waals surface area contributed by atoms with E-state index in [1.807, 2.05) is 18.2 Å². The van der Waals surface area contributed by atoms with Crippen LogP contribution in [0, 0.1) is 5.82 Å². The van der Waals surface area contributed by atoms with Gasteiger partial charge in [-0.25, -0.2) is 4.39 Å². The molecule has 2 heterocycles. The molecule has 1 N–H and O–H groups in total. The highest BCUT2D eigenvalue weighted by molar-refractivity contribution is 9.10. The topological polar surface area (TPSA) is 41.9 Å². The van der Waals surface area contributed by atoms with Crippen molar-refractivity contribution in [3.63, 3.8) is 0 Å². The Morgan fingerprint density at radius 2 is 1.81 bits per heavy atom. The van der Waals surface area contributed by atoms with Crippen LogP contribution in [0.1, 0.15) is 17.2 Å². The van der Waals surface area contributed by atoms with Gasteiger partial charge in [-0.1, -0.05) is 28.1 Å². The third kappa shape index (κ3) is 4.36. The first kappa shape index (κ1) is 20.3. The zero-order chi connectivity index (χ0) is 18.1. The van der Waals surface area contributed by atoms with Crippen molar-refractivity contribution < 1.29 is 19.0 Å². The summed E-state index contributed by atoms with van der Waals surface area (Å²) in [6.07, 6.45) is -0.835. The van der Waals surface area contributed by atoms with Gasteiger partial charge in [-0.05, 0) is 35.9 Å². The first-order valence-electron chi connectivity index (χ1n) is 8.56. The molecule has 2 aromatic rings. The van der Waals surface area contributed by atoms with E-state index in [4.69, 9.17) is 9.47 Å². The SMILES string of the molecule is Cl.OC1C(c2ccc(F)cc2)=C(CN2CCOCC2)Oc2ccc(Br)cc21. The predicted octanol–water partition coefficient (Wildman–Crippen LogP) is 4.18. The molecule has 1 saturated heterocycles. The van der Waals surface area contributed by atoms with E-state index in [1.54, 1.807) is 12.1 Å². The summed E-state index contributed by atoms with van der Waals surface area (Å²) in [4.78, 5) is 2.24. The molecule has 7 heteroatoms. The van der Waals surface area contributed by atoms with Crippen LogP contribution in [0.2, 0.25) is 0 Å². The minimum atomic E-state index is -0.835. The van der Waals surface area contributed by atoms with Gasteiger partial charge < -0.3 is 14.6 Å². The molecule has 0 saturated carbocycles. The van der Waals surface area contributed by atoms with E-state index in [9.17, 15) is 9.50 Å². The maximum Gasteiger partial charge on any atom is 0.133 e. The smallest absolute Gasteiger partial charge is 0.133 e. The lowest BCUT2D eigenvalue weighted by molar-refractivity contribution is 0.0381. The van der Waals surface area contributed by atoms with Gasteiger partial charge >= 0.3 is 0 Å². The predicted molar refractivity (Wildman–Crippen MR) is 108 cm³/mol. The molecule has 0 aromatic heterocycles. The van der Waals surface area contributed by atoms with Crippen molar-refractivity contribution >= 4 is 33.9 Å². The molecule has 0 spiro atoms. The van der Waals surface area contributed by atoms with Gasteiger partial charge in [-0.2, -0.15) is 0 Å². The average Bonchev–Trinajstić information content (AvgIpc) is 2.65. The summed E-state index contributed by atoms with van der Waals surface area (Å²) in [6.45, 7) is 3.57. The summed E-state index contributed by atoms with van der Waals surface area (Å²) in [6, 6.07) is 11.8. The molecule has 1 fully saturated rings. The fourth-order valence-corrected chi connectivity index (χ4v) is 3.73. The van der Waals surface area contributed by atoms with Crippen LogP contribution in [0.4, 0.5) is 4.39 Å². The zero-order valence-electron chi connectivity index (χ0n) is 14.5. The van der Waals surface area contributed by atoms with Crippen LogP contribution in [-0.2, 0) is 4.74 Å². The molecule has 0 bridgehead atoms. The molecule has 0 radical (unpaired) electrons. The second kappa shape index (κ2) is 8.71. The van der Waals surface area contributed by atoms with Gasteiger partial charge in [-0.3, -0.25) is 4.90 Å². The molecule has 4 nitrogen and oxygen atoms in total. The van der Waals surface area contributed by atoms with E-state index in [-0.39, 0.29) is 18.2 Å². The van der Waals surface area contributed by atoms with E-state index >= 15 is 0 Å². The molecule has 2 aliphatic rings. The molecule has 1 unspecified atom stereocenters. The summed E-state index contributed by atoms with van der Waals surface area (Å²) in [5.74, 6) is 1.04. The second-order valence-corrected chi connectivity index (χ2v) is 7.33. The van der Waals surface area contributed by atoms with Gasteiger partial charge in [-0.15, -0.1) is 12.4 Å². The van der Waals surface area contributed by atoms with Crippen LogP contribution in [0.3, 0.4) is 0 Å². The average molecular weight is 457 g/mol. The van der Waals surface area contributed by atoms with E-state index in [1.165, 1.54) is 12.1 Å². The third-order valence-electron chi connectivity index (χ3n) is 4.70. The fourth-order valence-electron chi connectivity index (χ4n) is 3.35. The molecule has 0 aliphatic carbocycles. The van der Waals surface area contributed by atoms with E-state index in [0.717, 1.165) is 23.1 Å². The van der Waals surface area contributed by atoms with Crippen LogP contribution < -0.4 is 4.74 Å². The number of rotatable bonds is 3. The van der Waals surface area contributed by atoms with Crippen LogP contribution in [0.15, 0.2) is 52.7 Å². The highest BCUT2D eigenvalue weighted by atomic mass is 79.9. The first-order valence-corrected chi connectivity index (χ1v) is 9.35. The number of nitrogens with zero attached hydrogens (tertiary/aromatic N) is 1. The van der Waals surface area contributed by atoms with Crippen molar-refractivity contribution in [2.75, 3.05) is 32.8 Å². The zero-order valence-corrected chi connectivity index (χ0v) is 16.9. The quantitative estimate of drug-likeness (QED) is 0.752. The summed E-state index contributed by atoms with van der Waals surface area (Å²) >= 11 is 3.44. The van der Waals surface area contributed by atoms with Crippen LogP contribution in [0.5, 0.6) is 5.75 Å². The highest BCUT2D eigenvalue weighted by Gasteiger charge is 2.30. The fraction of sp³-hybridized carbons (Fsp3) is 0.300. The van der Waals surface area contributed by atoms with Crippen LogP contribution in [-0.4, -0.2) is 42.9 Å². The number of halogens is 3. The van der Waals surface area contributed by atoms with Gasteiger partial charge in [0.1, 0.15) is 23.4 Å². The summed E-state index contributed by atoms with van der Waals surface area (Å²) in [7, 11) is 0. The Bertz CT molecular complexity index is 838. The Morgan fingerprint density at radius 1 is 1.11 bits per heavy atom. The maximum atomic E-state index is 13.4. The minimum absolute atomic E-state index is 0. The monoisotopic (exact) mass is 455 g/mol. The lowest BCUT2D eigenvalue weighted by atomic mass is 9.91. The number of fused-ring (bicyclic) bond motifs is 1. The number of hydrogen-bond acceptors (Lipinski definition) is 4. The van der Waals surface area contributed by atoms with Crippen molar-refractivity contribution in [2.45, 2.75) is 6.10 Å². The Balaban J connectivity index is 0.00000210. The number of ether oxygens (including phenoxy) is 2. The lowest BCUT2D eigenvalue weighted by Crippen LogP contribution is -2.39. The van der Waals surface area contributed by atoms with Crippen LogP contribution in [0.25, 0.3) is 5.57 Å². The van der Waals surface area contributed by atoms with Gasteiger partial charge in [0.25, 0.3) is 0 Å². The third-order valence-corrected chi connectivity index (χ3v) is 5.19. The van der Waals surface area contributed by atoms with Crippen molar-refractivity contribution in [3.8, 4) is 5.75 Å². The lowest BCUT2D eigenvalue weighted by Gasteiger charge is -2.32. The van der Waals surface area contributed by atoms with Crippen molar-refractivity contribution in [3.05, 3.63) is 69.6 Å². The molecule has 144 valence electrons.